The number of hydrogen-bond acceptors (Lipinski definition) is 1. The number of halogens is 1. The fourth-order valence-corrected chi connectivity index (χ4v) is 2.25. The lowest BCUT2D eigenvalue weighted by molar-refractivity contribution is 0.0696. The second-order valence-corrected chi connectivity index (χ2v) is 4.31. The molecule has 0 unspecified atom stereocenters. The molecule has 0 radical (unpaired) electrons. The number of nitrogens with one attached hydrogen (secondary N) is 1. The zero-order valence-corrected chi connectivity index (χ0v) is 9.62. The molecule has 3 nitrogen and oxygen atoms in total. The lowest BCUT2D eigenvalue weighted by Crippen LogP contribution is -1.96. The molecule has 0 spiro atoms. The quantitative estimate of drug-likeness (QED) is 0.687. The van der Waals surface area contributed by atoms with Gasteiger partial charge in [-0.3, -0.25) is 0 Å². The van der Waals surface area contributed by atoms with Crippen molar-refractivity contribution < 1.29 is 14.3 Å². The van der Waals surface area contributed by atoms with Gasteiger partial charge in [0.2, 0.25) is 0 Å². The maximum Gasteiger partial charge on any atom is 0.335 e. The van der Waals surface area contributed by atoms with Crippen molar-refractivity contribution >= 4 is 27.8 Å². The molecule has 0 saturated heterocycles. The fraction of sp³-hybridized carbons (Fsp3) is 0.0714. The van der Waals surface area contributed by atoms with Gasteiger partial charge in [-0.1, -0.05) is 18.2 Å². The first-order chi connectivity index (χ1) is 8.58. The van der Waals surface area contributed by atoms with Crippen LogP contribution in [-0.4, -0.2) is 16.1 Å². The van der Waals surface area contributed by atoms with Crippen LogP contribution in [0, 0.1) is 12.7 Å². The van der Waals surface area contributed by atoms with Crippen LogP contribution in [0.5, 0.6) is 0 Å². The Hall–Kier alpha value is -2.36. The van der Waals surface area contributed by atoms with Gasteiger partial charge in [0.05, 0.1) is 11.1 Å². The number of H-pyrrole nitrogens is 1. The first-order valence-electron chi connectivity index (χ1n) is 5.52. The molecule has 1 heterocycles. The summed E-state index contributed by atoms with van der Waals surface area (Å²) in [7, 11) is 0. The predicted molar refractivity (Wildman–Crippen MR) is 67.5 cm³/mol. The number of para-hydroxylation sites is 1. The van der Waals surface area contributed by atoms with Crippen LogP contribution in [0.15, 0.2) is 30.3 Å². The smallest absolute Gasteiger partial charge is 0.335 e. The maximum absolute atomic E-state index is 13.9. The van der Waals surface area contributed by atoms with Gasteiger partial charge < -0.3 is 10.1 Å². The highest BCUT2D eigenvalue weighted by Gasteiger charge is 2.13. The minimum Gasteiger partial charge on any atom is -0.478 e. The fourth-order valence-electron chi connectivity index (χ4n) is 2.25. The van der Waals surface area contributed by atoms with Crippen molar-refractivity contribution in [1.82, 2.24) is 4.98 Å². The first-order valence-corrected chi connectivity index (χ1v) is 5.52. The molecule has 1 aromatic heterocycles. The molecule has 3 aromatic rings. The van der Waals surface area contributed by atoms with E-state index in [2.05, 4.69) is 4.98 Å². The summed E-state index contributed by atoms with van der Waals surface area (Å²) >= 11 is 0. The number of aromatic nitrogens is 1. The van der Waals surface area contributed by atoms with Crippen LogP contribution < -0.4 is 0 Å². The molecule has 2 N–H and O–H groups in total. The predicted octanol–water partition coefficient (Wildman–Crippen LogP) is 3.47. The van der Waals surface area contributed by atoms with Gasteiger partial charge >= 0.3 is 5.97 Å². The number of benzene rings is 2. The van der Waals surface area contributed by atoms with Crippen molar-refractivity contribution in [3.05, 3.63) is 47.3 Å². The van der Waals surface area contributed by atoms with Gasteiger partial charge in [-0.15, -0.1) is 0 Å². The Morgan fingerprint density at radius 3 is 2.72 bits per heavy atom. The molecule has 4 heteroatoms. The third-order valence-corrected chi connectivity index (χ3v) is 3.15. The zero-order valence-electron chi connectivity index (χ0n) is 9.62. The van der Waals surface area contributed by atoms with Gasteiger partial charge in [0, 0.05) is 16.3 Å². The van der Waals surface area contributed by atoms with Crippen LogP contribution in [-0.2, 0) is 0 Å². The van der Waals surface area contributed by atoms with Crippen molar-refractivity contribution in [3.8, 4) is 0 Å². The van der Waals surface area contributed by atoms with E-state index in [-0.39, 0.29) is 5.56 Å². The van der Waals surface area contributed by atoms with Gasteiger partial charge in [0.25, 0.3) is 0 Å². The van der Waals surface area contributed by atoms with Gasteiger partial charge in [0.15, 0.2) is 0 Å². The Morgan fingerprint density at radius 2 is 2.00 bits per heavy atom. The summed E-state index contributed by atoms with van der Waals surface area (Å²) in [5.41, 5.74) is 2.15. The van der Waals surface area contributed by atoms with Crippen LogP contribution in [0.4, 0.5) is 4.39 Å². The molecule has 0 amide bonds. The van der Waals surface area contributed by atoms with E-state index >= 15 is 0 Å². The summed E-state index contributed by atoms with van der Waals surface area (Å²) in [6.45, 7) is 1.92. The topological polar surface area (TPSA) is 53.1 Å². The van der Waals surface area contributed by atoms with Gasteiger partial charge in [-0.2, -0.15) is 0 Å². The zero-order chi connectivity index (χ0) is 12.9. The van der Waals surface area contributed by atoms with E-state index in [0.717, 1.165) is 22.5 Å². The third kappa shape index (κ3) is 1.39. The summed E-state index contributed by atoms with van der Waals surface area (Å²) in [5, 5.41) is 10.4. The van der Waals surface area contributed by atoms with Crippen molar-refractivity contribution in [2.45, 2.75) is 6.92 Å². The molecule has 2 aromatic carbocycles. The molecule has 0 bridgehead atoms. The molecule has 0 aliphatic carbocycles. The largest absolute Gasteiger partial charge is 0.478 e. The summed E-state index contributed by atoms with van der Waals surface area (Å²) in [6.07, 6.45) is 0. The SMILES string of the molecule is Cc1cccc2c1[nH]c1c(F)cc(C(=O)O)cc12. The molecule has 90 valence electrons. The van der Waals surface area contributed by atoms with Gasteiger partial charge in [-0.25, -0.2) is 9.18 Å². The van der Waals surface area contributed by atoms with E-state index in [1.54, 1.807) is 0 Å². The van der Waals surface area contributed by atoms with E-state index in [4.69, 9.17) is 5.11 Å². The third-order valence-electron chi connectivity index (χ3n) is 3.15. The minimum atomic E-state index is -1.13. The molecule has 0 fully saturated rings. The lowest BCUT2D eigenvalue weighted by Gasteiger charge is -1.97. The van der Waals surface area contributed by atoms with Crippen molar-refractivity contribution in [2.75, 3.05) is 0 Å². The Balaban J connectivity index is 2.52. The summed E-state index contributed by atoms with van der Waals surface area (Å²) in [6, 6.07) is 8.19. The number of fused-ring (bicyclic) bond motifs is 3. The Morgan fingerprint density at radius 1 is 1.22 bits per heavy atom. The normalized spacial score (nSPS) is 11.2. The van der Waals surface area contributed by atoms with Crippen LogP contribution in [0.25, 0.3) is 21.8 Å². The number of rotatable bonds is 1. The van der Waals surface area contributed by atoms with Gasteiger partial charge in [-0.05, 0) is 24.6 Å². The molecule has 0 saturated carbocycles. The highest BCUT2D eigenvalue weighted by Crippen LogP contribution is 2.29. The first kappa shape index (κ1) is 10.8. The molecule has 0 atom stereocenters. The molecule has 0 aliphatic heterocycles. The Labute approximate surface area is 102 Å². The monoisotopic (exact) mass is 243 g/mol. The number of carboxylic acids is 1. The van der Waals surface area contributed by atoms with Gasteiger partial charge in [0.1, 0.15) is 5.82 Å². The highest BCUT2D eigenvalue weighted by molar-refractivity contribution is 6.10. The van der Waals surface area contributed by atoms with Crippen LogP contribution in [0.3, 0.4) is 0 Å². The van der Waals surface area contributed by atoms with Crippen molar-refractivity contribution in [3.63, 3.8) is 0 Å². The minimum absolute atomic E-state index is 0.0394. The maximum atomic E-state index is 13.9. The standard InChI is InChI=1S/C14H10FNO2/c1-7-3-2-4-9-10-5-8(14(17)18)6-11(15)13(10)16-12(7)9/h2-6,16H,1H3,(H,17,18). The molecular formula is C14H10FNO2. The van der Waals surface area contributed by atoms with E-state index in [1.165, 1.54) is 6.07 Å². The second kappa shape index (κ2) is 3.57. The molecule has 18 heavy (non-hydrogen) atoms. The molecule has 3 rings (SSSR count). The second-order valence-electron chi connectivity index (χ2n) is 4.31. The van der Waals surface area contributed by atoms with Crippen molar-refractivity contribution in [1.29, 1.82) is 0 Å². The lowest BCUT2D eigenvalue weighted by atomic mass is 10.1. The number of hydrogen-bond donors (Lipinski definition) is 2. The van der Waals surface area contributed by atoms with Crippen molar-refractivity contribution in [2.24, 2.45) is 0 Å². The summed E-state index contributed by atoms with van der Waals surface area (Å²) in [5.74, 6) is -1.67. The number of aryl methyl sites for hydroxylation is 1. The van der Waals surface area contributed by atoms with E-state index in [9.17, 15) is 9.18 Å². The number of aromatic amines is 1. The average molecular weight is 243 g/mol. The number of carbonyl (C=O) groups is 1. The van der Waals surface area contributed by atoms with Crippen LogP contribution in [0.1, 0.15) is 15.9 Å². The number of aromatic carboxylic acids is 1. The summed E-state index contributed by atoms with van der Waals surface area (Å²) in [4.78, 5) is 14.0. The Bertz CT molecular complexity index is 789. The highest BCUT2D eigenvalue weighted by atomic mass is 19.1. The number of carboxylic acid groups (broad SMARTS) is 1. The molecular weight excluding hydrogens is 233 g/mol. The van der Waals surface area contributed by atoms with E-state index < -0.39 is 11.8 Å². The molecule has 0 aliphatic rings. The summed E-state index contributed by atoms with van der Waals surface area (Å²) < 4.78 is 13.9. The van der Waals surface area contributed by atoms with E-state index in [1.807, 2.05) is 25.1 Å². The van der Waals surface area contributed by atoms with Crippen LogP contribution >= 0.6 is 0 Å². The average Bonchev–Trinajstić information content (AvgIpc) is 2.70. The van der Waals surface area contributed by atoms with E-state index in [0.29, 0.717) is 10.9 Å². The Kier molecular flexibility index (Phi) is 2.13. The van der Waals surface area contributed by atoms with Crippen LogP contribution in [0.2, 0.25) is 0 Å².